The van der Waals surface area contributed by atoms with Crippen LogP contribution in [0.4, 0.5) is 10.5 Å². The SMILES string of the molecule is CN1CCN(c2cccc(C3(CN)CCCCC3)c2)C1=O. The minimum atomic E-state index is 0.0950. The Morgan fingerprint density at radius 1 is 1.19 bits per heavy atom. The Kier molecular flexibility index (Phi) is 3.89. The molecule has 2 aliphatic rings. The van der Waals surface area contributed by atoms with Crippen molar-refractivity contribution in [1.29, 1.82) is 0 Å². The van der Waals surface area contributed by atoms with Gasteiger partial charge in [0.1, 0.15) is 0 Å². The third-order valence-corrected chi connectivity index (χ3v) is 5.19. The molecule has 3 rings (SSSR count). The van der Waals surface area contributed by atoms with Crippen molar-refractivity contribution in [3.63, 3.8) is 0 Å². The molecule has 2 fully saturated rings. The summed E-state index contributed by atoms with van der Waals surface area (Å²) in [5.74, 6) is 0. The molecular weight excluding hydrogens is 262 g/mol. The molecule has 0 atom stereocenters. The van der Waals surface area contributed by atoms with Crippen molar-refractivity contribution < 1.29 is 4.79 Å². The lowest BCUT2D eigenvalue weighted by atomic mass is 9.69. The fourth-order valence-corrected chi connectivity index (χ4v) is 3.73. The molecule has 114 valence electrons. The van der Waals surface area contributed by atoms with Crippen LogP contribution in [0.1, 0.15) is 37.7 Å². The minimum Gasteiger partial charge on any atom is -0.330 e. The van der Waals surface area contributed by atoms with Crippen molar-refractivity contribution in [3.05, 3.63) is 29.8 Å². The van der Waals surface area contributed by atoms with Crippen LogP contribution in [0.2, 0.25) is 0 Å². The lowest BCUT2D eigenvalue weighted by Gasteiger charge is -2.37. The second-order valence-electron chi connectivity index (χ2n) is 6.45. The van der Waals surface area contributed by atoms with Crippen LogP contribution >= 0.6 is 0 Å². The number of nitrogens with two attached hydrogens (primary N) is 1. The highest BCUT2D eigenvalue weighted by Gasteiger charge is 2.33. The fourth-order valence-electron chi connectivity index (χ4n) is 3.73. The number of benzene rings is 1. The monoisotopic (exact) mass is 287 g/mol. The first kappa shape index (κ1) is 14.4. The number of hydrogen-bond acceptors (Lipinski definition) is 2. The Labute approximate surface area is 126 Å². The van der Waals surface area contributed by atoms with Crippen LogP contribution in [0.5, 0.6) is 0 Å². The van der Waals surface area contributed by atoms with E-state index >= 15 is 0 Å². The average Bonchev–Trinajstić information content (AvgIpc) is 2.88. The van der Waals surface area contributed by atoms with Gasteiger partial charge in [-0.25, -0.2) is 4.79 Å². The molecule has 21 heavy (non-hydrogen) atoms. The smallest absolute Gasteiger partial charge is 0.324 e. The molecule has 4 nitrogen and oxygen atoms in total. The van der Waals surface area contributed by atoms with Crippen LogP contribution < -0.4 is 10.6 Å². The zero-order chi connectivity index (χ0) is 14.9. The van der Waals surface area contributed by atoms with Crippen LogP contribution in [0.25, 0.3) is 0 Å². The van der Waals surface area contributed by atoms with Crippen molar-refractivity contribution in [2.75, 3.05) is 31.6 Å². The molecule has 1 aliphatic heterocycles. The lowest BCUT2D eigenvalue weighted by Crippen LogP contribution is -2.37. The number of carbonyl (C=O) groups excluding carboxylic acids is 1. The van der Waals surface area contributed by atoms with Crippen molar-refractivity contribution in [2.45, 2.75) is 37.5 Å². The van der Waals surface area contributed by atoms with Crippen LogP contribution in [0.3, 0.4) is 0 Å². The van der Waals surface area contributed by atoms with Gasteiger partial charge in [-0.1, -0.05) is 31.4 Å². The van der Waals surface area contributed by atoms with Gasteiger partial charge in [0.05, 0.1) is 0 Å². The van der Waals surface area contributed by atoms with E-state index in [0.717, 1.165) is 18.8 Å². The number of hydrogen-bond donors (Lipinski definition) is 1. The number of rotatable bonds is 3. The summed E-state index contributed by atoms with van der Waals surface area (Å²) in [6.07, 6.45) is 6.16. The third-order valence-electron chi connectivity index (χ3n) is 5.19. The summed E-state index contributed by atoms with van der Waals surface area (Å²) in [4.78, 5) is 15.8. The summed E-state index contributed by atoms with van der Waals surface area (Å²) < 4.78 is 0. The van der Waals surface area contributed by atoms with Crippen LogP contribution in [0, 0.1) is 0 Å². The van der Waals surface area contributed by atoms with Gasteiger partial charge in [-0.3, -0.25) is 4.90 Å². The number of likely N-dealkylation sites (N-methyl/N-ethyl adjacent to an activating group) is 1. The van der Waals surface area contributed by atoms with Gasteiger partial charge in [0.2, 0.25) is 0 Å². The quantitative estimate of drug-likeness (QED) is 0.929. The third kappa shape index (κ3) is 2.53. The molecule has 4 heteroatoms. The maximum absolute atomic E-state index is 12.2. The predicted molar refractivity (Wildman–Crippen MR) is 85.6 cm³/mol. The molecule has 0 unspecified atom stereocenters. The topological polar surface area (TPSA) is 49.6 Å². The Morgan fingerprint density at radius 2 is 1.95 bits per heavy atom. The van der Waals surface area contributed by atoms with Crippen molar-refractivity contribution in [1.82, 2.24) is 4.90 Å². The standard InChI is InChI=1S/C17H25N3O/c1-19-10-11-20(16(19)21)15-7-5-6-14(12-15)17(13-18)8-3-2-4-9-17/h5-7,12H,2-4,8-11,13,18H2,1H3. The van der Waals surface area contributed by atoms with E-state index in [1.807, 2.05) is 18.0 Å². The van der Waals surface area contributed by atoms with Gasteiger partial charge < -0.3 is 10.6 Å². The molecule has 0 bridgehead atoms. The normalized spacial score (nSPS) is 21.9. The second kappa shape index (κ2) is 5.68. The molecule has 1 saturated carbocycles. The van der Waals surface area contributed by atoms with E-state index in [1.54, 1.807) is 4.90 Å². The van der Waals surface area contributed by atoms with E-state index in [-0.39, 0.29) is 11.4 Å². The zero-order valence-corrected chi connectivity index (χ0v) is 12.8. The van der Waals surface area contributed by atoms with E-state index in [2.05, 4.69) is 18.2 Å². The van der Waals surface area contributed by atoms with Gasteiger partial charge in [-0.15, -0.1) is 0 Å². The van der Waals surface area contributed by atoms with Gasteiger partial charge in [0.25, 0.3) is 0 Å². The molecule has 1 saturated heterocycles. The highest BCUT2D eigenvalue weighted by Crippen LogP contribution is 2.39. The summed E-state index contributed by atoms with van der Waals surface area (Å²) in [5.41, 5.74) is 8.57. The summed E-state index contributed by atoms with van der Waals surface area (Å²) >= 11 is 0. The summed E-state index contributed by atoms with van der Waals surface area (Å²) in [6, 6.07) is 8.58. The highest BCUT2D eigenvalue weighted by atomic mass is 16.2. The van der Waals surface area contributed by atoms with E-state index in [9.17, 15) is 4.79 Å². The molecule has 1 heterocycles. The Bertz CT molecular complexity index is 523. The average molecular weight is 287 g/mol. The highest BCUT2D eigenvalue weighted by molar-refractivity contribution is 5.94. The maximum Gasteiger partial charge on any atom is 0.324 e. The molecule has 1 aromatic rings. The predicted octanol–water partition coefficient (Wildman–Crippen LogP) is 2.72. The Balaban J connectivity index is 1.91. The minimum absolute atomic E-state index is 0.0950. The van der Waals surface area contributed by atoms with E-state index in [4.69, 9.17) is 5.73 Å². The molecule has 0 radical (unpaired) electrons. The molecule has 0 aromatic heterocycles. The number of anilines is 1. The molecule has 2 N–H and O–H groups in total. The first-order chi connectivity index (χ1) is 10.2. The van der Waals surface area contributed by atoms with Crippen LogP contribution in [-0.4, -0.2) is 37.6 Å². The van der Waals surface area contributed by atoms with Crippen molar-refractivity contribution >= 4 is 11.7 Å². The molecule has 1 aliphatic carbocycles. The van der Waals surface area contributed by atoms with Gasteiger partial charge >= 0.3 is 6.03 Å². The number of nitrogens with zero attached hydrogens (tertiary/aromatic N) is 2. The first-order valence-electron chi connectivity index (χ1n) is 7.99. The Hall–Kier alpha value is -1.55. The Morgan fingerprint density at radius 3 is 2.57 bits per heavy atom. The summed E-state index contributed by atoms with van der Waals surface area (Å²) in [6.45, 7) is 2.27. The maximum atomic E-state index is 12.2. The fraction of sp³-hybridized carbons (Fsp3) is 0.588. The molecule has 0 spiro atoms. The van der Waals surface area contributed by atoms with Gasteiger partial charge in [-0.2, -0.15) is 0 Å². The lowest BCUT2D eigenvalue weighted by molar-refractivity contribution is 0.229. The van der Waals surface area contributed by atoms with Gasteiger partial charge in [-0.05, 0) is 30.5 Å². The molecular formula is C17H25N3O. The molecule has 1 aromatic carbocycles. The van der Waals surface area contributed by atoms with Crippen LogP contribution in [-0.2, 0) is 5.41 Å². The van der Waals surface area contributed by atoms with E-state index in [1.165, 1.54) is 37.7 Å². The van der Waals surface area contributed by atoms with Crippen LogP contribution in [0.15, 0.2) is 24.3 Å². The first-order valence-corrected chi connectivity index (χ1v) is 7.99. The molecule has 2 amide bonds. The number of urea groups is 1. The summed E-state index contributed by atoms with van der Waals surface area (Å²) in [7, 11) is 1.86. The van der Waals surface area contributed by atoms with Gasteiger partial charge in [0.15, 0.2) is 0 Å². The van der Waals surface area contributed by atoms with E-state index in [0.29, 0.717) is 6.54 Å². The summed E-state index contributed by atoms with van der Waals surface area (Å²) in [5, 5.41) is 0. The number of amides is 2. The van der Waals surface area contributed by atoms with Crippen molar-refractivity contribution in [2.24, 2.45) is 5.73 Å². The number of carbonyl (C=O) groups is 1. The van der Waals surface area contributed by atoms with Gasteiger partial charge in [0, 0.05) is 37.8 Å². The second-order valence-corrected chi connectivity index (χ2v) is 6.45. The van der Waals surface area contributed by atoms with Crippen molar-refractivity contribution in [3.8, 4) is 0 Å². The largest absolute Gasteiger partial charge is 0.330 e. The zero-order valence-electron chi connectivity index (χ0n) is 12.8. The van der Waals surface area contributed by atoms with E-state index < -0.39 is 0 Å².